The molecule has 21 heavy (non-hydrogen) atoms. The number of para-hydroxylation sites is 1. The summed E-state index contributed by atoms with van der Waals surface area (Å²) in [6.45, 7) is 0. The number of methoxy groups -OCH3 is 2. The van der Waals surface area contributed by atoms with Crippen LogP contribution < -0.4 is 9.47 Å². The van der Waals surface area contributed by atoms with Gasteiger partial charge in [0.15, 0.2) is 11.5 Å². The van der Waals surface area contributed by atoms with Gasteiger partial charge in [0.25, 0.3) is 0 Å². The minimum atomic E-state index is -0.951. The Morgan fingerprint density at radius 2 is 1.62 bits per heavy atom. The highest BCUT2D eigenvalue weighted by Gasteiger charge is 2.08. The molecule has 0 amide bonds. The standard InChI is InChI=1S/C17H16O4/c1-20-15-9-5-7-13(16(15)21-2)11-10-12-6-3-4-8-14(12)17(18)19/h3-11H,1-2H3,(H,18,19). The molecule has 0 radical (unpaired) electrons. The fourth-order valence-electron chi connectivity index (χ4n) is 2.06. The molecule has 0 unspecified atom stereocenters. The fourth-order valence-corrected chi connectivity index (χ4v) is 2.06. The molecular formula is C17H16O4. The third-order valence-electron chi connectivity index (χ3n) is 3.07. The number of carboxylic acids is 1. The van der Waals surface area contributed by atoms with Crippen LogP contribution in [-0.4, -0.2) is 25.3 Å². The van der Waals surface area contributed by atoms with Crippen LogP contribution in [0.25, 0.3) is 12.2 Å². The monoisotopic (exact) mass is 284 g/mol. The molecule has 2 rings (SSSR count). The van der Waals surface area contributed by atoms with Gasteiger partial charge in [0.05, 0.1) is 19.8 Å². The summed E-state index contributed by atoms with van der Waals surface area (Å²) in [7, 11) is 3.14. The van der Waals surface area contributed by atoms with Crippen molar-refractivity contribution < 1.29 is 19.4 Å². The maximum absolute atomic E-state index is 11.2. The first-order valence-corrected chi connectivity index (χ1v) is 6.38. The number of rotatable bonds is 5. The predicted molar refractivity (Wildman–Crippen MR) is 81.9 cm³/mol. The molecule has 2 aromatic rings. The average molecular weight is 284 g/mol. The SMILES string of the molecule is COc1cccc(C=Cc2ccccc2C(=O)O)c1OC. The zero-order valence-electron chi connectivity index (χ0n) is 11.9. The zero-order chi connectivity index (χ0) is 15.2. The third-order valence-corrected chi connectivity index (χ3v) is 3.07. The molecule has 0 fully saturated rings. The van der Waals surface area contributed by atoms with E-state index in [0.717, 1.165) is 5.56 Å². The molecule has 0 spiro atoms. The molecule has 0 aliphatic heterocycles. The number of ether oxygens (including phenoxy) is 2. The van der Waals surface area contributed by atoms with Crippen LogP contribution in [0, 0.1) is 0 Å². The number of carbonyl (C=O) groups is 1. The van der Waals surface area contributed by atoms with E-state index >= 15 is 0 Å². The van der Waals surface area contributed by atoms with E-state index in [2.05, 4.69) is 0 Å². The second-order valence-corrected chi connectivity index (χ2v) is 4.31. The molecule has 4 heteroatoms. The molecule has 108 valence electrons. The maximum Gasteiger partial charge on any atom is 0.336 e. The minimum absolute atomic E-state index is 0.260. The van der Waals surface area contributed by atoms with E-state index < -0.39 is 5.97 Å². The first-order chi connectivity index (χ1) is 10.2. The molecular weight excluding hydrogens is 268 g/mol. The molecule has 1 N–H and O–H groups in total. The lowest BCUT2D eigenvalue weighted by Gasteiger charge is -2.10. The van der Waals surface area contributed by atoms with Gasteiger partial charge in [-0.05, 0) is 17.7 Å². The van der Waals surface area contributed by atoms with Crippen LogP contribution in [-0.2, 0) is 0 Å². The van der Waals surface area contributed by atoms with Gasteiger partial charge in [0.1, 0.15) is 0 Å². The van der Waals surface area contributed by atoms with Crippen molar-refractivity contribution in [3.63, 3.8) is 0 Å². The Balaban J connectivity index is 2.41. The van der Waals surface area contributed by atoms with Crippen LogP contribution in [0.15, 0.2) is 42.5 Å². The van der Waals surface area contributed by atoms with Crippen LogP contribution in [0.3, 0.4) is 0 Å². The Bertz CT molecular complexity index is 674. The Morgan fingerprint density at radius 3 is 2.29 bits per heavy atom. The summed E-state index contributed by atoms with van der Waals surface area (Å²) in [6, 6.07) is 12.4. The highest BCUT2D eigenvalue weighted by atomic mass is 16.5. The van der Waals surface area contributed by atoms with Gasteiger partial charge in [-0.2, -0.15) is 0 Å². The van der Waals surface area contributed by atoms with Crippen molar-refractivity contribution in [1.29, 1.82) is 0 Å². The summed E-state index contributed by atoms with van der Waals surface area (Å²) in [6.07, 6.45) is 3.56. The zero-order valence-corrected chi connectivity index (χ0v) is 11.9. The molecule has 4 nitrogen and oxygen atoms in total. The molecule has 0 heterocycles. The maximum atomic E-state index is 11.2. The Hall–Kier alpha value is -2.75. The first kappa shape index (κ1) is 14.7. The van der Waals surface area contributed by atoms with E-state index in [4.69, 9.17) is 14.6 Å². The van der Waals surface area contributed by atoms with Crippen LogP contribution in [0.2, 0.25) is 0 Å². The minimum Gasteiger partial charge on any atom is -0.493 e. The Morgan fingerprint density at radius 1 is 0.952 bits per heavy atom. The number of carboxylic acid groups (broad SMARTS) is 1. The van der Waals surface area contributed by atoms with Crippen molar-refractivity contribution in [1.82, 2.24) is 0 Å². The molecule has 0 aromatic heterocycles. The number of aromatic carboxylic acids is 1. The lowest BCUT2D eigenvalue weighted by molar-refractivity contribution is 0.0696. The highest BCUT2D eigenvalue weighted by molar-refractivity contribution is 5.93. The molecule has 0 bridgehead atoms. The smallest absolute Gasteiger partial charge is 0.336 e. The normalized spacial score (nSPS) is 10.6. The Kier molecular flexibility index (Phi) is 4.61. The molecule has 0 aliphatic rings. The summed E-state index contributed by atoms with van der Waals surface area (Å²) >= 11 is 0. The van der Waals surface area contributed by atoms with Gasteiger partial charge in [-0.3, -0.25) is 0 Å². The van der Waals surface area contributed by atoms with Crippen LogP contribution in [0.1, 0.15) is 21.5 Å². The van der Waals surface area contributed by atoms with Crippen molar-refractivity contribution in [2.75, 3.05) is 14.2 Å². The Labute approximate surface area is 123 Å². The molecule has 0 atom stereocenters. The molecule has 0 aliphatic carbocycles. The van der Waals surface area contributed by atoms with Gasteiger partial charge in [-0.1, -0.05) is 42.5 Å². The van der Waals surface area contributed by atoms with Gasteiger partial charge in [-0.25, -0.2) is 4.79 Å². The van der Waals surface area contributed by atoms with E-state index in [1.165, 1.54) is 0 Å². The number of hydrogen-bond acceptors (Lipinski definition) is 3. The largest absolute Gasteiger partial charge is 0.493 e. The van der Waals surface area contributed by atoms with Gasteiger partial charge in [0, 0.05) is 5.56 Å². The van der Waals surface area contributed by atoms with Gasteiger partial charge >= 0.3 is 5.97 Å². The van der Waals surface area contributed by atoms with Crippen LogP contribution in [0.5, 0.6) is 11.5 Å². The summed E-state index contributed by atoms with van der Waals surface area (Å²) in [4.78, 5) is 11.2. The van der Waals surface area contributed by atoms with E-state index in [9.17, 15) is 4.79 Å². The van der Waals surface area contributed by atoms with Crippen molar-refractivity contribution in [3.8, 4) is 11.5 Å². The third kappa shape index (κ3) is 3.23. The molecule has 2 aromatic carbocycles. The van der Waals surface area contributed by atoms with Crippen LogP contribution >= 0.6 is 0 Å². The quantitative estimate of drug-likeness (QED) is 0.853. The lowest BCUT2D eigenvalue weighted by atomic mass is 10.1. The van der Waals surface area contributed by atoms with Gasteiger partial charge in [-0.15, -0.1) is 0 Å². The summed E-state index contributed by atoms with van der Waals surface area (Å²) in [5.74, 6) is 0.295. The highest BCUT2D eigenvalue weighted by Crippen LogP contribution is 2.32. The topological polar surface area (TPSA) is 55.8 Å². The number of benzene rings is 2. The van der Waals surface area contributed by atoms with E-state index in [0.29, 0.717) is 17.1 Å². The van der Waals surface area contributed by atoms with E-state index in [-0.39, 0.29) is 5.56 Å². The lowest BCUT2D eigenvalue weighted by Crippen LogP contribution is -1.98. The first-order valence-electron chi connectivity index (χ1n) is 6.38. The summed E-state index contributed by atoms with van der Waals surface area (Å²) in [5, 5.41) is 9.17. The number of hydrogen-bond donors (Lipinski definition) is 1. The average Bonchev–Trinajstić information content (AvgIpc) is 2.52. The van der Waals surface area contributed by atoms with Gasteiger partial charge in [0.2, 0.25) is 0 Å². The van der Waals surface area contributed by atoms with E-state index in [1.807, 2.05) is 18.2 Å². The van der Waals surface area contributed by atoms with Crippen LogP contribution in [0.4, 0.5) is 0 Å². The van der Waals surface area contributed by atoms with Crippen molar-refractivity contribution >= 4 is 18.1 Å². The van der Waals surface area contributed by atoms with Crippen molar-refractivity contribution in [2.45, 2.75) is 0 Å². The molecule has 0 saturated heterocycles. The predicted octanol–water partition coefficient (Wildman–Crippen LogP) is 3.57. The summed E-state index contributed by atoms with van der Waals surface area (Å²) in [5.41, 5.74) is 1.71. The van der Waals surface area contributed by atoms with Crippen molar-refractivity contribution in [3.05, 3.63) is 59.2 Å². The fraction of sp³-hybridized carbons (Fsp3) is 0.118. The van der Waals surface area contributed by atoms with Crippen molar-refractivity contribution in [2.24, 2.45) is 0 Å². The second kappa shape index (κ2) is 6.61. The van der Waals surface area contributed by atoms with E-state index in [1.54, 1.807) is 50.6 Å². The second-order valence-electron chi connectivity index (χ2n) is 4.31. The van der Waals surface area contributed by atoms with Gasteiger partial charge < -0.3 is 14.6 Å². The molecule has 0 saturated carbocycles. The summed E-state index contributed by atoms with van der Waals surface area (Å²) < 4.78 is 10.6.